The highest BCUT2D eigenvalue weighted by Gasteiger charge is 2.18. The summed E-state index contributed by atoms with van der Waals surface area (Å²) in [6, 6.07) is 2.02. The van der Waals surface area contributed by atoms with Gasteiger partial charge in [0.25, 0.3) is 0 Å². The van der Waals surface area contributed by atoms with Crippen LogP contribution in [0.3, 0.4) is 0 Å². The van der Waals surface area contributed by atoms with Gasteiger partial charge in [-0.05, 0) is 6.07 Å². The maximum absolute atomic E-state index is 5.35. The van der Waals surface area contributed by atoms with Crippen molar-refractivity contribution in [3.05, 3.63) is 24.0 Å². The third-order valence-electron chi connectivity index (χ3n) is 1.84. The predicted molar refractivity (Wildman–Crippen MR) is 38.1 cm³/mol. The van der Waals surface area contributed by atoms with Crippen molar-refractivity contribution in [2.75, 3.05) is 6.61 Å². The fourth-order valence-electron chi connectivity index (χ4n) is 1.22. The van der Waals surface area contributed by atoms with Gasteiger partial charge in [-0.15, -0.1) is 0 Å². The van der Waals surface area contributed by atoms with E-state index >= 15 is 0 Å². The third-order valence-corrected chi connectivity index (χ3v) is 1.84. The van der Waals surface area contributed by atoms with E-state index < -0.39 is 0 Å². The summed E-state index contributed by atoms with van der Waals surface area (Å²) in [4.78, 5) is 3.97. The Labute approximate surface area is 59.9 Å². The number of hydrogen-bond donors (Lipinski definition) is 0. The summed E-state index contributed by atoms with van der Waals surface area (Å²) >= 11 is 0. The molecular formula is C8H9NO. The fraction of sp³-hybridized carbons (Fsp3) is 0.375. The Bertz CT molecular complexity index is 247. The van der Waals surface area contributed by atoms with Crippen LogP contribution in [0.4, 0.5) is 0 Å². The molecule has 2 heteroatoms. The molecule has 52 valence electrons. The van der Waals surface area contributed by atoms with Crippen LogP contribution in [0, 0.1) is 0 Å². The van der Waals surface area contributed by atoms with E-state index in [9.17, 15) is 0 Å². The lowest BCUT2D eigenvalue weighted by molar-refractivity contribution is 0.336. The van der Waals surface area contributed by atoms with E-state index in [2.05, 4.69) is 11.9 Å². The second-order valence-corrected chi connectivity index (χ2v) is 2.63. The van der Waals surface area contributed by atoms with Gasteiger partial charge >= 0.3 is 0 Å². The summed E-state index contributed by atoms with van der Waals surface area (Å²) < 4.78 is 5.35. The minimum atomic E-state index is 0.540. The molecule has 0 saturated heterocycles. The molecule has 0 unspecified atom stereocenters. The van der Waals surface area contributed by atoms with Gasteiger partial charge in [0.15, 0.2) is 0 Å². The van der Waals surface area contributed by atoms with Crippen LogP contribution in [0.15, 0.2) is 18.5 Å². The Balaban J connectivity index is 2.51. The standard InChI is InChI=1S/C8H9NO/c1-6-5-10-8-4-9-3-2-7(6)8/h2-4,6H,5H2,1H3/t6-/m0/s1. The van der Waals surface area contributed by atoms with Crippen LogP contribution in [-0.4, -0.2) is 11.6 Å². The number of hydrogen-bond acceptors (Lipinski definition) is 2. The van der Waals surface area contributed by atoms with Gasteiger partial charge in [0, 0.05) is 17.7 Å². The zero-order valence-electron chi connectivity index (χ0n) is 5.87. The van der Waals surface area contributed by atoms with Gasteiger partial charge in [0.2, 0.25) is 0 Å². The molecule has 0 spiro atoms. The molecule has 1 aliphatic heterocycles. The van der Waals surface area contributed by atoms with E-state index in [1.807, 2.05) is 12.3 Å². The summed E-state index contributed by atoms with van der Waals surface area (Å²) in [5.41, 5.74) is 1.29. The second-order valence-electron chi connectivity index (χ2n) is 2.63. The Morgan fingerprint density at radius 3 is 3.40 bits per heavy atom. The van der Waals surface area contributed by atoms with Crippen LogP contribution in [0.5, 0.6) is 5.75 Å². The Morgan fingerprint density at radius 1 is 1.70 bits per heavy atom. The number of fused-ring (bicyclic) bond motifs is 1. The van der Waals surface area contributed by atoms with Gasteiger partial charge in [0.1, 0.15) is 5.75 Å². The van der Waals surface area contributed by atoms with Crippen molar-refractivity contribution in [1.29, 1.82) is 0 Å². The van der Waals surface area contributed by atoms with Crippen molar-refractivity contribution in [2.45, 2.75) is 12.8 Å². The number of rotatable bonds is 0. The van der Waals surface area contributed by atoms with Gasteiger partial charge in [0.05, 0.1) is 12.8 Å². The Kier molecular flexibility index (Phi) is 1.13. The number of ether oxygens (including phenoxy) is 1. The molecule has 2 nitrogen and oxygen atoms in total. The maximum Gasteiger partial charge on any atom is 0.141 e. The Morgan fingerprint density at radius 2 is 2.60 bits per heavy atom. The van der Waals surface area contributed by atoms with Crippen LogP contribution >= 0.6 is 0 Å². The lowest BCUT2D eigenvalue weighted by Crippen LogP contribution is -1.93. The molecule has 0 fully saturated rings. The first-order valence-electron chi connectivity index (χ1n) is 3.44. The largest absolute Gasteiger partial charge is 0.491 e. The predicted octanol–water partition coefficient (Wildman–Crippen LogP) is 1.58. The number of pyridine rings is 1. The lowest BCUT2D eigenvalue weighted by atomic mass is 10.1. The normalized spacial score (nSPS) is 21.9. The molecule has 0 radical (unpaired) electrons. The molecule has 1 aliphatic rings. The average molecular weight is 135 g/mol. The van der Waals surface area contributed by atoms with Crippen molar-refractivity contribution in [3.63, 3.8) is 0 Å². The molecule has 0 amide bonds. The molecule has 0 aliphatic carbocycles. The van der Waals surface area contributed by atoms with Gasteiger partial charge < -0.3 is 4.74 Å². The van der Waals surface area contributed by atoms with E-state index in [1.54, 1.807) is 6.20 Å². The quantitative estimate of drug-likeness (QED) is 0.538. The Hall–Kier alpha value is -1.05. The van der Waals surface area contributed by atoms with Crippen molar-refractivity contribution in [2.24, 2.45) is 0 Å². The molecule has 0 aromatic carbocycles. The maximum atomic E-state index is 5.35. The molecule has 10 heavy (non-hydrogen) atoms. The van der Waals surface area contributed by atoms with E-state index in [0.717, 1.165) is 12.4 Å². The first kappa shape index (κ1) is 5.71. The zero-order chi connectivity index (χ0) is 6.97. The zero-order valence-corrected chi connectivity index (χ0v) is 5.87. The van der Waals surface area contributed by atoms with Crippen molar-refractivity contribution < 1.29 is 4.74 Å². The molecule has 2 heterocycles. The van der Waals surface area contributed by atoms with Gasteiger partial charge in [-0.1, -0.05) is 6.92 Å². The summed E-state index contributed by atoms with van der Waals surface area (Å²) in [5, 5.41) is 0. The second kappa shape index (κ2) is 1.97. The van der Waals surface area contributed by atoms with Gasteiger partial charge in [-0.2, -0.15) is 0 Å². The number of nitrogens with zero attached hydrogens (tertiary/aromatic N) is 1. The molecular weight excluding hydrogens is 126 g/mol. The topological polar surface area (TPSA) is 22.1 Å². The van der Waals surface area contributed by atoms with Gasteiger partial charge in [-0.3, -0.25) is 4.98 Å². The van der Waals surface area contributed by atoms with Crippen molar-refractivity contribution in [1.82, 2.24) is 4.98 Å². The van der Waals surface area contributed by atoms with E-state index in [1.165, 1.54) is 5.56 Å². The molecule has 1 atom stereocenters. The molecule has 0 saturated carbocycles. The van der Waals surface area contributed by atoms with Crippen LogP contribution in [0.25, 0.3) is 0 Å². The molecule has 0 bridgehead atoms. The van der Waals surface area contributed by atoms with Crippen LogP contribution in [0.2, 0.25) is 0 Å². The average Bonchev–Trinajstić information content (AvgIpc) is 2.34. The van der Waals surface area contributed by atoms with Crippen LogP contribution < -0.4 is 4.74 Å². The first-order valence-corrected chi connectivity index (χ1v) is 3.44. The van der Waals surface area contributed by atoms with Crippen molar-refractivity contribution >= 4 is 0 Å². The summed E-state index contributed by atoms with van der Waals surface area (Å²) in [7, 11) is 0. The van der Waals surface area contributed by atoms with E-state index in [-0.39, 0.29) is 0 Å². The summed E-state index contributed by atoms with van der Waals surface area (Å²) in [5.74, 6) is 1.49. The molecule has 1 aromatic rings. The minimum absolute atomic E-state index is 0.540. The van der Waals surface area contributed by atoms with E-state index in [0.29, 0.717) is 5.92 Å². The first-order chi connectivity index (χ1) is 4.88. The fourth-order valence-corrected chi connectivity index (χ4v) is 1.22. The SMILES string of the molecule is C[C@H]1COc2cnccc21. The smallest absolute Gasteiger partial charge is 0.141 e. The van der Waals surface area contributed by atoms with E-state index in [4.69, 9.17) is 4.74 Å². The highest BCUT2D eigenvalue weighted by atomic mass is 16.5. The van der Waals surface area contributed by atoms with Crippen LogP contribution in [-0.2, 0) is 0 Å². The third kappa shape index (κ3) is 0.685. The molecule has 0 N–H and O–H groups in total. The highest BCUT2D eigenvalue weighted by molar-refractivity contribution is 5.36. The monoisotopic (exact) mass is 135 g/mol. The highest BCUT2D eigenvalue weighted by Crippen LogP contribution is 2.31. The summed E-state index contributed by atoms with van der Waals surface area (Å²) in [6.07, 6.45) is 3.59. The minimum Gasteiger partial charge on any atom is -0.491 e. The van der Waals surface area contributed by atoms with Gasteiger partial charge in [-0.25, -0.2) is 0 Å². The molecule has 2 rings (SSSR count). The number of aromatic nitrogens is 1. The van der Waals surface area contributed by atoms with Crippen molar-refractivity contribution in [3.8, 4) is 5.75 Å². The molecule has 1 aromatic heterocycles. The summed E-state index contributed by atoms with van der Waals surface area (Å²) in [6.45, 7) is 2.97. The lowest BCUT2D eigenvalue weighted by Gasteiger charge is -1.96. The van der Waals surface area contributed by atoms with Crippen LogP contribution in [0.1, 0.15) is 18.4 Å².